The van der Waals surface area contributed by atoms with Crippen LogP contribution in [0.5, 0.6) is 0 Å². The summed E-state index contributed by atoms with van der Waals surface area (Å²) in [5, 5.41) is 48.9. The largest absolute Gasteiger partial charge is 0.544 e. The molecule has 0 spiro atoms. The van der Waals surface area contributed by atoms with Crippen LogP contribution in [-0.4, -0.2) is 213 Å². The number of halogens is 2. The van der Waals surface area contributed by atoms with Crippen LogP contribution in [0.25, 0.3) is 20.9 Å². The van der Waals surface area contributed by atoms with Gasteiger partial charge in [0, 0.05) is 75.0 Å². The van der Waals surface area contributed by atoms with Crippen molar-refractivity contribution in [3.05, 3.63) is 92.7 Å². The van der Waals surface area contributed by atoms with Gasteiger partial charge in [0.1, 0.15) is 54.3 Å². The van der Waals surface area contributed by atoms with E-state index >= 15 is 0 Å². The number of rotatable bonds is 41. The highest BCUT2D eigenvalue weighted by atomic mass is 19.3. The highest BCUT2D eigenvalue weighted by Gasteiger charge is 2.37. The van der Waals surface area contributed by atoms with Gasteiger partial charge >= 0.3 is 59.9 Å². The zero-order valence-corrected chi connectivity index (χ0v) is 68.7. The van der Waals surface area contributed by atoms with Crippen LogP contribution >= 0.6 is 0 Å². The molecule has 3 fully saturated rings. The molecule has 3 heterocycles. The Morgan fingerprint density at radius 2 is 1.15 bits per heavy atom. The Balaban J connectivity index is 0. The lowest BCUT2D eigenvalue weighted by Gasteiger charge is -2.24. The van der Waals surface area contributed by atoms with Crippen LogP contribution in [0, 0.1) is 17.8 Å². The average molecular weight is 1680 g/mol. The van der Waals surface area contributed by atoms with Crippen LogP contribution < -0.4 is 42.7 Å². The molecule has 0 aliphatic carbocycles. The van der Waals surface area contributed by atoms with Crippen LogP contribution in [-0.2, 0) is 123 Å². The molecule has 2 aromatic rings. The lowest BCUT2D eigenvalue weighted by molar-refractivity contribution is -0.374. The first-order valence-electron chi connectivity index (χ1n) is 37.6. The normalized spacial score (nSPS) is 16.2. The van der Waals surface area contributed by atoms with Crippen LogP contribution in [0.4, 0.5) is 18.4 Å². The van der Waals surface area contributed by atoms with E-state index in [9.17, 15) is 75.9 Å². The number of aliphatic hydroxyl groups is 2. The fourth-order valence-corrected chi connectivity index (χ4v) is 9.58. The Bertz CT molecular complexity index is 3510. The predicted molar refractivity (Wildman–Crippen MR) is 408 cm³/mol. The number of quaternary nitrogens is 1. The molecule has 0 bridgehead atoms. The fraction of sp³-hybridized carbons (Fsp3) is 0.640. The number of hydrogen-bond donors (Lipinski definition) is 9. The number of esters is 8. The molecule has 662 valence electrons. The standard InChI is InChI=1S/C34H52N6O9.C15H19NO5.C9H13NO5.C7H13NO3.C4H10N4O.C4H6O3.C2H2F2O2/c1-6-11-28(29(42)21-27(22-30(43)49-34(3,4)5)31(44)36-16-18-47-19-17-38-40-35)39-32(45)26(20-24(2)41)14-10-15-37-33(46)48-23-25-12-8-7-9-13-25;17-13(20-10-11-6-2-1-3-7-11)9-5-4-8-12-14(18)21-15(19)16-12;1-9(2,3)15-6(11)4-5-7(12)14-8(13)10-5;1-4(2)3-5-6(9)11-7(10)8-5;5-1-3-9-4-2-7-8-6;1-3(5)7-4(2)6;3-1(4)2(5)6/h7-9,12-13,26-28H,6,10-11,14-23H2,1-5H3,(H,36,44)(H,37,46)(H,39,45);1-3,6-7,12,15-16,19H,4-5,8-10H2;5H,4H2,1-3H3,(H,10,13);4-5,7-8,10H,3H2,1-2H3;1-5H2;1-2H3;1H,(H,5,6)/t26-,27+,28-;12-,15?;5-;5-,7?;;;/m1001.../s1. The number of nitrogens with one attached hydrogen (secondary N) is 6. The zero-order valence-electron chi connectivity index (χ0n) is 68.7. The number of benzene rings is 2. The van der Waals surface area contributed by atoms with E-state index in [0.717, 1.165) is 17.7 Å². The zero-order chi connectivity index (χ0) is 89.8. The summed E-state index contributed by atoms with van der Waals surface area (Å²) < 4.78 is 69.2. The van der Waals surface area contributed by atoms with Crippen LogP contribution in [0.1, 0.15) is 178 Å². The van der Waals surface area contributed by atoms with Crippen molar-refractivity contribution in [3.8, 4) is 0 Å². The predicted octanol–water partition coefficient (Wildman–Crippen LogP) is 4.23. The van der Waals surface area contributed by atoms with Crippen molar-refractivity contribution in [1.82, 2.24) is 31.9 Å². The third-order valence-corrected chi connectivity index (χ3v) is 14.5. The molecular formula is C75H115F2N13O28. The molecule has 4 amide bonds. The van der Waals surface area contributed by atoms with Crippen molar-refractivity contribution in [2.24, 2.45) is 28.0 Å². The average Bonchev–Trinajstić information content (AvgIpc) is 1.44. The number of hydrogen-bond acceptors (Lipinski definition) is 32. The number of aliphatic carboxylic acids is 1. The van der Waals surface area contributed by atoms with Gasteiger partial charge in [-0.15, -0.1) is 0 Å². The smallest absolute Gasteiger partial charge is 0.415 e. The number of ketones is 2. The summed E-state index contributed by atoms with van der Waals surface area (Å²) in [4.78, 5) is 177. The maximum absolute atomic E-state index is 13.5. The minimum Gasteiger partial charge on any atom is -0.544 e. The fourth-order valence-electron chi connectivity index (χ4n) is 9.58. The minimum absolute atomic E-state index is 0.0497. The number of aliphatic hydroxyl groups excluding tert-OH is 2. The highest BCUT2D eigenvalue weighted by molar-refractivity contribution is 5.98. The second-order valence-corrected chi connectivity index (χ2v) is 28.0. The molecule has 5 rings (SSSR count). The Hall–Kier alpha value is -10.9. The molecule has 43 heteroatoms. The molecule has 8 atom stereocenters. The molecule has 3 saturated heterocycles. The topological polar surface area (TPSA) is 609 Å². The molecule has 3 aliphatic rings. The number of alkyl halides is 2. The molecule has 2 aromatic carbocycles. The number of carboxylic acid groups (broad SMARTS) is 1. The summed E-state index contributed by atoms with van der Waals surface area (Å²) in [7, 11) is 0. The van der Waals surface area contributed by atoms with Gasteiger partial charge in [-0.3, -0.25) is 47.9 Å². The molecule has 3 aliphatic heterocycles. The quantitative estimate of drug-likeness (QED) is 0.00855. The Kier molecular flexibility index (Phi) is 58.5. The van der Waals surface area contributed by atoms with Crippen LogP contribution in [0.15, 0.2) is 70.9 Å². The number of carbonyl (C=O) groups excluding carboxylic acids is 15. The number of carboxylic acids is 1. The van der Waals surface area contributed by atoms with Gasteiger partial charge in [-0.25, -0.2) is 33.8 Å². The second-order valence-electron chi connectivity index (χ2n) is 28.0. The van der Waals surface area contributed by atoms with Gasteiger partial charge in [-0.2, -0.15) is 0 Å². The first-order chi connectivity index (χ1) is 55.4. The van der Waals surface area contributed by atoms with E-state index in [2.05, 4.69) is 76.6 Å². The molecule has 118 heavy (non-hydrogen) atoms. The summed E-state index contributed by atoms with van der Waals surface area (Å²) in [5.74, 6) is -9.52. The monoisotopic (exact) mass is 1680 g/mol. The van der Waals surface area contributed by atoms with Gasteiger partial charge in [0.25, 0.3) is 19.3 Å². The first-order valence-corrected chi connectivity index (χ1v) is 37.6. The van der Waals surface area contributed by atoms with Crippen molar-refractivity contribution in [1.29, 1.82) is 0 Å². The van der Waals surface area contributed by atoms with E-state index in [1.165, 1.54) is 20.8 Å². The van der Waals surface area contributed by atoms with Crippen molar-refractivity contribution in [2.75, 3.05) is 59.2 Å². The summed E-state index contributed by atoms with van der Waals surface area (Å²) in [6.07, 6.45) is -3.69. The molecule has 2 unspecified atom stereocenters. The number of cyclic esters (lactones) is 4. The Morgan fingerprint density at radius 1 is 0.636 bits per heavy atom. The van der Waals surface area contributed by atoms with Crippen LogP contribution in [0.3, 0.4) is 0 Å². The van der Waals surface area contributed by atoms with Crippen molar-refractivity contribution in [3.63, 3.8) is 0 Å². The Morgan fingerprint density at radius 3 is 1.59 bits per heavy atom. The number of ether oxygens (including phenoxy) is 10. The number of amides is 4. The first kappa shape index (κ1) is 109. The lowest BCUT2D eigenvalue weighted by Crippen LogP contribution is -2.52. The summed E-state index contributed by atoms with van der Waals surface area (Å²) >= 11 is 0. The van der Waals surface area contributed by atoms with Gasteiger partial charge in [0.05, 0.1) is 57.8 Å². The lowest BCUT2D eigenvalue weighted by atomic mass is 9.91. The van der Waals surface area contributed by atoms with Crippen molar-refractivity contribution >= 4 is 89.3 Å². The molecular weight excluding hydrogens is 1570 g/mol. The maximum Gasteiger partial charge on any atom is 0.415 e. The van der Waals surface area contributed by atoms with E-state index < -0.39 is 132 Å². The highest BCUT2D eigenvalue weighted by Crippen LogP contribution is 2.21. The minimum atomic E-state index is -3.34. The van der Waals surface area contributed by atoms with E-state index in [1.807, 2.05) is 81.4 Å². The number of nitrogens with zero attached hydrogens (tertiary/aromatic N) is 6. The van der Waals surface area contributed by atoms with Gasteiger partial charge in [0.15, 0.2) is 5.78 Å². The van der Waals surface area contributed by atoms with Gasteiger partial charge in [-0.05, 0) is 115 Å². The molecule has 0 saturated carbocycles. The molecule has 41 nitrogen and oxygen atoms in total. The van der Waals surface area contributed by atoms with Crippen LogP contribution in [0.2, 0.25) is 0 Å². The van der Waals surface area contributed by atoms with E-state index in [4.69, 9.17) is 59.6 Å². The number of alkyl carbamates (subject to hydrolysis) is 2. The SMILES string of the molecule is CC(=O)OC(C)=O.CC(C)(C)OC(=O)C[C@@H]1NC(=O)OC1=O.CC(C)C[C@H]1NC(O)OC1=O.CCC[C@@H](NC(=O)[C@H](CCCNC(=O)OCc1ccccc1)CC(C)=O)C(=O)C[C@@H](CC(=O)OC(C)(C)C)C(=O)NCCOCCN=[N+]=[N-].O=C(CCCC[C@@H]1NC(O)OC1=O)OCc1ccccc1.O=C([O-])C(F)F.[N-]=[N+]=NCCOCC[NH3+]. The number of azide groups is 2. The van der Waals surface area contributed by atoms with E-state index in [-0.39, 0.29) is 108 Å². The van der Waals surface area contributed by atoms with Gasteiger partial charge < -0.3 is 99.3 Å². The van der Waals surface area contributed by atoms with Gasteiger partial charge in [-0.1, -0.05) is 105 Å². The molecule has 11 N–H and O–H groups in total. The van der Waals surface area contributed by atoms with E-state index in [0.29, 0.717) is 70.6 Å². The van der Waals surface area contributed by atoms with E-state index in [1.54, 1.807) is 41.5 Å². The third kappa shape index (κ3) is 60.6. The maximum atomic E-state index is 13.5. The van der Waals surface area contributed by atoms with Crippen molar-refractivity contribution < 1.29 is 149 Å². The molecule has 0 radical (unpaired) electrons. The number of Topliss-reactive ketones (excluding diaryl/α,β-unsaturated/α-hetero) is 2. The summed E-state index contributed by atoms with van der Waals surface area (Å²) in [6.45, 7) is 23.3. The Labute approximate surface area is 682 Å². The molecule has 0 aromatic heterocycles. The summed E-state index contributed by atoms with van der Waals surface area (Å²) in [5.41, 5.74) is 20.1. The number of carbonyl (C=O) groups is 15. The number of unbranched alkanes of at least 4 members (excludes halogenated alkanes) is 1. The summed E-state index contributed by atoms with van der Waals surface area (Å²) in [6, 6.07) is 16.0. The van der Waals surface area contributed by atoms with Gasteiger partial charge in [0.2, 0.25) is 11.8 Å². The van der Waals surface area contributed by atoms with Crippen molar-refractivity contribution in [2.45, 2.75) is 234 Å². The third-order valence-electron chi connectivity index (χ3n) is 14.5. The second kappa shape index (κ2) is 63.3.